The Morgan fingerprint density at radius 1 is 1.39 bits per heavy atom. The summed E-state index contributed by atoms with van der Waals surface area (Å²) in [5, 5.41) is 11.8. The first-order valence-electron chi connectivity index (χ1n) is 5.38. The molecule has 0 unspecified atom stereocenters. The molecular formula is C13H12FNO3. The standard InChI is InChI=1S/C13H12FNO3/c1-8-9(6-12(18-8)13(16)17)7-15-11-4-2-10(14)3-5-11/h2-6,15H,7H2,1H3,(H,16,17). The lowest BCUT2D eigenvalue weighted by Gasteiger charge is -2.04. The van der Waals surface area contributed by atoms with Crippen LogP contribution in [0.15, 0.2) is 34.7 Å². The first-order chi connectivity index (χ1) is 8.56. The number of furan rings is 1. The summed E-state index contributed by atoms with van der Waals surface area (Å²) >= 11 is 0. The maximum atomic E-state index is 12.7. The van der Waals surface area contributed by atoms with Gasteiger partial charge in [-0.05, 0) is 37.3 Å². The van der Waals surface area contributed by atoms with Gasteiger partial charge in [-0.1, -0.05) is 0 Å². The van der Waals surface area contributed by atoms with Crippen LogP contribution in [0, 0.1) is 12.7 Å². The van der Waals surface area contributed by atoms with Gasteiger partial charge < -0.3 is 14.8 Å². The average Bonchev–Trinajstić information content (AvgIpc) is 2.70. The van der Waals surface area contributed by atoms with Crippen molar-refractivity contribution < 1.29 is 18.7 Å². The van der Waals surface area contributed by atoms with E-state index >= 15 is 0 Å². The van der Waals surface area contributed by atoms with Gasteiger partial charge in [0.15, 0.2) is 0 Å². The zero-order valence-corrected chi connectivity index (χ0v) is 9.74. The van der Waals surface area contributed by atoms with Crippen LogP contribution in [0.5, 0.6) is 0 Å². The predicted octanol–water partition coefficient (Wildman–Crippen LogP) is 3.04. The number of halogens is 1. The molecule has 0 saturated heterocycles. The van der Waals surface area contributed by atoms with E-state index in [-0.39, 0.29) is 11.6 Å². The number of aryl methyl sites for hydroxylation is 1. The summed E-state index contributed by atoms with van der Waals surface area (Å²) in [5.41, 5.74) is 1.52. The summed E-state index contributed by atoms with van der Waals surface area (Å²) in [6.07, 6.45) is 0. The molecule has 1 aromatic carbocycles. The van der Waals surface area contributed by atoms with Crippen molar-refractivity contribution in [2.24, 2.45) is 0 Å². The Morgan fingerprint density at radius 3 is 2.61 bits per heavy atom. The van der Waals surface area contributed by atoms with Gasteiger partial charge in [0.1, 0.15) is 11.6 Å². The Hall–Kier alpha value is -2.30. The normalized spacial score (nSPS) is 10.3. The second-order valence-electron chi connectivity index (χ2n) is 3.86. The molecule has 0 radical (unpaired) electrons. The highest BCUT2D eigenvalue weighted by atomic mass is 19.1. The maximum Gasteiger partial charge on any atom is 0.371 e. The van der Waals surface area contributed by atoms with Gasteiger partial charge in [-0.15, -0.1) is 0 Å². The van der Waals surface area contributed by atoms with Crippen LogP contribution >= 0.6 is 0 Å². The van der Waals surface area contributed by atoms with Crippen molar-refractivity contribution in [3.63, 3.8) is 0 Å². The molecular weight excluding hydrogens is 237 g/mol. The predicted molar refractivity (Wildman–Crippen MR) is 64.1 cm³/mol. The monoisotopic (exact) mass is 249 g/mol. The molecule has 5 heteroatoms. The number of carboxylic acid groups (broad SMARTS) is 1. The van der Waals surface area contributed by atoms with Crippen LogP contribution in [0.3, 0.4) is 0 Å². The van der Waals surface area contributed by atoms with Crippen molar-refractivity contribution in [3.8, 4) is 0 Å². The summed E-state index contributed by atoms with van der Waals surface area (Å²) < 4.78 is 17.8. The number of rotatable bonds is 4. The molecule has 0 spiro atoms. The third-order valence-electron chi connectivity index (χ3n) is 2.56. The average molecular weight is 249 g/mol. The molecule has 2 aromatic rings. The molecule has 0 saturated carbocycles. The van der Waals surface area contributed by atoms with Crippen LogP contribution in [-0.2, 0) is 6.54 Å². The maximum absolute atomic E-state index is 12.7. The van der Waals surface area contributed by atoms with Gasteiger partial charge in [-0.2, -0.15) is 0 Å². The molecule has 2 N–H and O–H groups in total. The lowest BCUT2D eigenvalue weighted by molar-refractivity contribution is 0.0661. The molecule has 1 heterocycles. The van der Waals surface area contributed by atoms with Crippen LogP contribution in [0.1, 0.15) is 21.9 Å². The topological polar surface area (TPSA) is 62.5 Å². The fourth-order valence-electron chi connectivity index (χ4n) is 1.57. The zero-order valence-electron chi connectivity index (χ0n) is 9.74. The van der Waals surface area contributed by atoms with Crippen LogP contribution in [0.4, 0.5) is 10.1 Å². The van der Waals surface area contributed by atoms with E-state index in [1.807, 2.05) is 0 Å². The van der Waals surface area contributed by atoms with Gasteiger partial charge in [-0.3, -0.25) is 0 Å². The summed E-state index contributed by atoms with van der Waals surface area (Å²) in [6, 6.07) is 7.42. The second kappa shape index (κ2) is 4.91. The highest BCUT2D eigenvalue weighted by Crippen LogP contribution is 2.17. The van der Waals surface area contributed by atoms with Crippen LogP contribution in [0.2, 0.25) is 0 Å². The third kappa shape index (κ3) is 2.68. The molecule has 0 aliphatic carbocycles. The summed E-state index contributed by atoms with van der Waals surface area (Å²) in [7, 11) is 0. The van der Waals surface area contributed by atoms with E-state index in [0.29, 0.717) is 12.3 Å². The largest absolute Gasteiger partial charge is 0.475 e. The SMILES string of the molecule is Cc1oc(C(=O)O)cc1CNc1ccc(F)cc1. The van der Waals surface area contributed by atoms with Crippen LogP contribution in [0.25, 0.3) is 0 Å². The number of carboxylic acids is 1. The van der Waals surface area contributed by atoms with E-state index in [0.717, 1.165) is 11.3 Å². The molecule has 0 aliphatic rings. The molecule has 0 amide bonds. The molecule has 18 heavy (non-hydrogen) atoms. The van der Waals surface area contributed by atoms with Crippen molar-refractivity contribution in [2.75, 3.05) is 5.32 Å². The molecule has 0 fully saturated rings. The van der Waals surface area contributed by atoms with Gasteiger partial charge in [0, 0.05) is 17.8 Å². The van der Waals surface area contributed by atoms with Crippen molar-refractivity contribution in [3.05, 3.63) is 53.2 Å². The van der Waals surface area contributed by atoms with Crippen molar-refractivity contribution in [1.82, 2.24) is 0 Å². The van der Waals surface area contributed by atoms with Gasteiger partial charge in [0.2, 0.25) is 5.76 Å². The Morgan fingerprint density at radius 2 is 2.06 bits per heavy atom. The lowest BCUT2D eigenvalue weighted by atomic mass is 10.2. The number of benzene rings is 1. The number of hydrogen-bond acceptors (Lipinski definition) is 3. The van der Waals surface area contributed by atoms with Gasteiger partial charge in [0.05, 0.1) is 0 Å². The zero-order chi connectivity index (χ0) is 13.1. The first kappa shape index (κ1) is 12.2. The Bertz CT molecular complexity index is 560. The van der Waals surface area contributed by atoms with Gasteiger partial charge in [-0.25, -0.2) is 9.18 Å². The highest BCUT2D eigenvalue weighted by Gasteiger charge is 2.12. The molecule has 1 aromatic heterocycles. The van der Waals surface area contributed by atoms with Crippen molar-refractivity contribution in [1.29, 1.82) is 0 Å². The summed E-state index contributed by atoms with van der Waals surface area (Å²) in [4.78, 5) is 10.7. The Labute approximate surface area is 103 Å². The first-order valence-corrected chi connectivity index (χ1v) is 5.38. The second-order valence-corrected chi connectivity index (χ2v) is 3.86. The number of anilines is 1. The highest BCUT2D eigenvalue weighted by molar-refractivity contribution is 5.84. The molecule has 4 nitrogen and oxygen atoms in total. The minimum absolute atomic E-state index is 0.0802. The fourth-order valence-corrected chi connectivity index (χ4v) is 1.57. The molecule has 2 rings (SSSR count). The van der Waals surface area contributed by atoms with Crippen LogP contribution in [-0.4, -0.2) is 11.1 Å². The fraction of sp³-hybridized carbons (Fsp3) is 0.154. The number of hydrogen-bond donors (Lipinski definition) is 2. The number of aromatic carboxylic acids is 1. The number of carbonyl (C=O) groups is 1. The molecule has 0 aliphatic heterocycles. The van der Waals surface area contributed by atoms with E-state index in [1.165, 1.54) is 18.2 Å². The van der Waals surface area contributed by atoms with Crippen LogP contribution < -0.4 is 5.32 Å². The smallest absolute Gasteiger partial charge is 0.371 e. The van der Waals surface area contributed by atoms with E-state index in [4.69, 9.17) is 9.52 Å². The number of nitrogens with one attached hydrogen (secondary N) is 1. The van der Waals surface area contributed by atoms with Crippen molar-refractivity contribution >= 4 is 11.7 Å². The summed E-state index contributed by atoms with van der Waals surface area (Å²) in [5.74, 6) is -0.912. The minimum Gasteiger partial charge on any atom is -0.475 e. The van der Waals surface area contributed by atoms with E-state index in [9.17, 15) is 9.18 Å². The molecule has 94 valence electrons. The van der Waals surface area contributed by atoms with Gasteiger partial charge >= 0.3 is 5.97 Å². The van der Waals surface area contributed by atoms with Gasteiger partial charge in [0.25, 0.3) is 0 Å². The Kier molecular flexibility index (Phi) is 3.32. The van der Waals surface area contributed by atoms with Crippen molar-refractivity contribution in [2.45, 2.75) is 13.5 Å². The molecule has 0 bridgehead atoms. The lowest BCUT2D eigenvalue weighted by Crippen LogP contribution is -1.99. The Balaban J connectivity index is 2.06. The molecule has 0 atom stereocenters. The minimum atomic E-state index is -1.09. The van der Waals surface area contributed by atoms with E-state index in [2.05, 4.69) is 5.32 Å². The van der Waals surface area contributed by atoms with E-state index < -0.39 is 5.97 Å². The summed E-state index contributed by atoms with van der Waals surface area (Å²) in [6.45, 7) is 2.13. The van der Waals surface area contributed by atoms with E-state index in [1.54, 1.807) is 19.1 Å². The third-order valence-corrected chi connectivity index (χ3v) is 2.56. The quantitative estimate of drug-likeness (QED) is 0.874.